The summed E-state index contributed by atoms with van der Waals surface area (Å²) in [6, 6.07) is 20.2. The number of anilines is 1. The average Bonchev–Trinajstić information content (AvgIpc) is 3.11. The first-order valence-corrected chi connectivity index (χ1v) is 8.77. The lowest BCUT2D eigenvalue weighted by Crippen LogP contribution is -2.23. The Morgan fingerprint density at radius 2 is 1.85 bits per heavy atom. The second-order valence-corrected chi connectivity index (χ2v) is 6.61. The predicted octanol–water partition coefficient (Wildman–Crippen LogP) is 4.67. The van der Waals surface area contributed by atoms with E-state index in [2.05, 4.69) is 58.4 Å². The molecule has 0 amide bonds. The van der Waals surface area contributed by atoms with E-state index >= 15 is 0 Å². The van der Waals surface area contributed by atoms with Crippen molar-refractivity contribution in [3.63, 3.8) is 0 Å². The number of rotatable bonds is 4. The van der Waals surface area contributed by atoms with E-state index in [1.165, 1.54) is 5.56 Å². The fourth-order valence-electron chi connectivity index (χ4n) is 3.07. The third-order valence-electron chi connectivity index (χ3n) is 4.63. The summed E-state index contributed by atoms with van der Waals surface area (Å²) in [6.07, 6.45) is 1.71. The molecule has 0 N–H and O–H groups in total. The molecular weight excluding hydrogens is 346 g/mol. The summed E-state index contributed by atoms with van der Waals surface area (Å²) in [5.41, 5.74) is 4.58. The Morgan fingerprint density at radius 1 is 1.04 bits per heavy atom. The van der Waals surface area contributed by atoms with E-state index in [0.717, 1.165) is 16.9 Å². The maximum atomic E-state index is 6.29. The summed E-state index contributed by atoms with van der Waals surface area (Å²) < 4.78 is 1.79. The van der Waals surface area contributed by atoms with Crippen LogP contribution in [0, 0.1) is 0 Å². The van der Waals surface area contributed by atoms with Gasteiger partial charge < -0.3 is 4.90 Å². The number of fused-ring (bicyclic) bond motifs is 1. The van der Waals surface area contributed by atoms with Crippen LogP contribution in [0.5, 0.6) is 0 Å². The van der Waals surface area contributed by atoms with Crippen LogP contribution in [-0.2, 0) is 0 Å². The monoisotopic (exact) mass is 363 g/mol. The predicted molar refractivity (Wildman–Crippen MR) is 105 cm³/mol. The molecular formula is C20H18ClN5. The van der Waals surface area contributed by atoms with Crippen molar-refractivity contribution in [2.24, 2.45) is 0 Å². The van der Waals surface area contributed by atoms with Crippen LogP contribution in [0.15, 0.2) is 66.9 Å². The van der Waals surface area contributed by atoms with Crippen LogP contribution in [-0.4, -0.2) is 27.0 Å². The molecule has 130 valence electrons. The molecule has 0 spiro atoms. The molecule has 4 aromatic rings. The number of halogens is 1. The Hall–Kier alpha value is -2.92. The molecule has 2 aromatic carbocycles. The lowest BCUT2D eigenvalue weighted by Gasteiger charge is -2.29. The summed E-state index contributed by atoms with van der Waals surface area (Å²) in [7, 11) is 2.07. The third kappa shape index (κ3) is 2.91. The highest BCUT2D eigenvalue weighted by molar-refractivity contribution is 6.30. The third-order valence-corrected chi connectivity index (χ3v) is 4.87. The standard InChI is InChI=1S/C20H18ClN5/c1-14(15-7-4-3-5-8-15)25(2)17-11-10-16(21)13-19(17)26-18-9-6-12-22-20(18)23-24-26/h3-14H,1-2H3. The lowest BCUT2D eigenvalue weighted by atomic mass is 10.1. The van der Waals surface area contributed by atoms with Crippen LogP contribution in [0.3, 0.4) is 0 Å². The van der Waals surface area contributed by atoms with Gasteiger partial charge in [0.25, 0.3) is 0 Å². The molecule has 2 aromatic heterocycles. The highest BCUT2D eigenvalue weighted by atomic mass is 35.5. The van der Waals surface area contributed by atoms with Crippen LogP contribution < -0.4 is 4.90 Å². The molecule has 0 fully saturated rings. The fraction of sp³-hybridized carbons (Fsp3) is 0.150. The minimum atomic E-state index is 0.184. The van der Waals surface area contributed by atoms with E-state index in [1.54, 1.807) is 10.9 Å². The van der Waals surface area contributed by atoms with Gasteiger partial charge in [-0.25, -0.2) is 9.67 Å². The summed E-state index contributed by atoms with van der Waals surface area (Å²) in [4.78, 5) is 6.48. The molecule has 1 atom stereocenters. The molecule has 0 saturated heterocycles. The first-order valence-electron chi connectivity index (χ1n) is 8.39. The molecule has 0 bridgehead atoms. The number of aromatic nitrogens is 4. The first-order chi connectivity index (χ1) is 12.6. The van der Waals surface area contributed by atoms with Crippen molar-refractivity contribution in [3.05, 3.63) is 77.4 Å². The van der Waals surface area contributed by atoms with Crippen LogP contribution in [0.4, 0.5) is 5.69 Å². The van der Waals surface area contributed by atoms with E-state index < -0.39 is 0 Å². The number of hydrogen-bond donors (Lipinski definition) is 0. The largest absolute Gasteiger partial charge is 0.366 e. The van der Waals surface area contributed by atoms with Crippen molar-refractivity contribution < 1.29 is 0 Å². The highest BCUT2D eigenvalue weighted by Gasteiger charge is 2.18. The van der Waals surface area contributed by atoms with E-state index in [0.29, 0.717) is 10.7 Å². The molecule has 0 saturated carbocycles. The summed E-state index contributed by atoms with van der Waals surface area (Å²) >= 11 is 6.29. The van der Waals surface area contributed by atoms with E-state index in [4.69, 9.17) is 11.6 Å². The highest BCUT2D eigenvalue weighted by Crippen LogP contribution is 2.33. The molecule has 4 rings (SSSR count). The van der Waals surface area contributed by atoms with Gasteiger partial charge in [0.2, 0.25) is 5.65 Å². The maximum Gasteiger partial charge on any atom is 0.202 e. The van der Waals surface area contributed by atoms with Crippen LogP contribution in [0.2, 0.25) is 5.02 Å². The summed E-state index contributed by atoms with van der Waals surface area (Å²) in [5.74, 6) is 0. The Labute approximate surface area is 156 Å². The van der Waals surface area contributed by atoms with Gasteiger partial charge in [0.05, 0.1) is 17.4 Å². The van der Waals surface area contributed by atoms with Crippen molar-refractivity contribution >= 4 is 28.5 Å². The van der Waals surface area contributed by atoms with Gasteiger partial charge in [0, 0.05) is 18.3 Å². The van der Waals surface area contributed by atoms with Crippen molar-refractivity contribution in [2.75, 3.05) is 11.9 Å². The molecule has 0 aliphatic rings. The Kier molecular flexibility index (Phi) is 4.31. The van der Waals surface area contributed by atoms with Crippen LogP contribution in [0.25, 0.3) is 16.9 Å². The molecule has 2 heterocycles. The van der Waals surface area contributed by atoms with Gasteiger partial charge >= 0.3 is 0 Å². The first kappa shape index (κ1) is 16.5. The minimum absolute atomic E-state index is 0.184. The number of nitrogens with zero attached hydrogens (tertiary/aromatic N) is 5. The molecule has 6 heteroatoms. The van der Waals surface area contributed by atoms with Gasteiger partial charge in [-0.1, -0.05) is 47.1 Å². The molecule has 5 nitrogen and oxygen atoms in total. The lowest BCUT2D eigenvalue weighted by molar-refractivity contribution is 0.730. The van der Waals surface area contributed by atoms with Crippen LogP contribution >= 0.6 is 11.6 Å². The zero-order valence-electron chi connectivity index (χ0n) is 14.5. The van der Waals surface area contributed by atoms with E-state index in [1.807, 2.05) is 36.4 Å². The average molecular weight is 364 g/mol. The van der Waals surface area contributed by atoms with Crippen molar-refractivity contribution in [3.8, 4) is 5.69 Å². The quantitative estimate of drug-likeness (QED) is 0.528. The van der Waals surface area contributed by atoms with Crippen molar-refractivity contribution in [2.45, 2.75) is 13.0 Å². The Bertz CT molecular complexity index is 1040. The zero-order valence-corrected chi connectivity index (χ0v) is 15.3. The SMILES string of the molecule is CC(c1ccccc1)N(C)c1ccc(Cl)cc1-n1nnc2ncccc21. The van der Waals surface area contributed by atoms with Gasteiger partial charge in [-0.3, -0.25) is 0 Å². The Balaban J connectivity index is 1.83. The van der Waals surface area contributed by atoms with Gasteiger partial charge in [0.15, 0.2) is 0 Å². The smallest absolute Gasteiger partial charge is 0.202 e. The van der Waals surface area contributed by atoms with Crippen LogP contribution in [0.1, 0.15) is 18.5 Å². The van der Waals surface area contributed by atoms with Gasteiger partial charge in [-0.2, -0.15) is 0 Å². The maximum absolute atomic E-state index is 6.29. The van der Waals surface area contributed by atoms with E-state index in [-0.39, 0.29) is 6.04 Å². The van der Waals surface area contributed by atoms with Gasteiger partial charge in [0.1, 0.15) is 5.52 Å². The normalized spacial score (nSPS) is 12.3. The van der Waals surface area contributed by atoms with Gasteiger partial charge in [-0.05, 0) is 42.8 Å². The molecule has 0 aliphatic carbocycles. The number of hydrogen-bond acceptors (Lipinski definition) is 4. The fourth-order valence-corrected chi connectivity index (χ4v) is 3.24. The minimum Gasteiger partial charge on any atom is -0.366 e. The summed E-state index contributed by atoms with van der Waals surface area (Å²) in [6.45, 7) is 2.18. The second-order valence-electron chi connectivity index (χ2n) is 6.18. The molecule has 1 unspecified atom stereocenters. The Morgan fingerprint density at radius 3 is 2.65 bits per heavy atom. The molecule has 26 heavy (non-hydrogen) atoms. The van der Waals surface area contributed by atoms with E-state index in [9.17, 15) is 0 Å². The van der Waals surface area contributed by atoms with Crippen molar-refractivity contribution in [1.29, 1.82) is 0 Å². The molecule has 0 aliphatic heterocycles. The topological polar surface area (TPSA) is 46.8 Å². The second kappa shape index (κ2) is 6.77. The number of pyridine rings is 1. The van der Waals surface area contributed by atoms with Crippen molar-refractivity contribution in [1.82, 2.24) is 20.0 Å². The summed E-state index contributed by atoms with van der Waals surface area (Å²) in [5, 5.41) is 9.12. The molecule has 0 radical (unpaired) electrons. The van der Waals surface area contributed by atoms with Gasteiger partial charge in [-0.15, -0.1) is 5.10 Å². The number of benzene rings is 2. The zero-order chi connectivity index (χ0) is 18.1.